The first-order valence-corrected chi connectivity index (χ1v) is 7.96. The Morgan fingerprint density at radius 1 is 1.40 bits per heavy atom. The number of carbonyl (C=O) groups is 1. The van der Waals surface area contributed by atoms with Crippen LogP contribution in [0.25, 0.3) is 0 Å². The lowest BCUT2D eigenvalue weighted by molar-refractivity contribution is -0.120. The summed E-state index contributed by atoms with van der Waals surface area (Å²) in [5.74, 6) is -0.308. The van der Waals surface area contributed by atoms with Crippen molar-refractivity contribution in [3.05, 3.63) is 22.7 Å². The molecule has 0 radical (unpaired) electrons. The van der Waals surface area contributed by atoms with Crippen LogP contribution in [0.2, 0.25) is 5.02 Å². The van der Waals surface area contributed by atoms with Gasteiger partial charge in [-0.1, -0.05) is 11.6 Å². The fourth-order valence-electron chi connectivity index (χ4n) is 1.96. The van der Waals surface area contributed by atoms with Crippen LogP contribution in [0.1, 0.15) is 12.0 Å². The van der Waals surface area contributed by atoms with Gasteiger partial charge >= 0.3 is 0 Å². The summed E-state index contributed by atoms with van der Waals surface area (Å²) in [5.41, 5.74) is 6.71. The predicted octanol–water partition coefficient (Wildman–Crippen LogP) is 0.741. The van der Waals surface area contributed by atoms with Crippen molar-refractivity contribution >= 4 is 33.2 Å². The van der Waals surface area contributed by atoms with Crippen LogP contribution >= 0.6 is 11.6 Å². The molecule has 110 valence electrons. The van der Waals surface area contributed by atoms with E-state index in [0.717, 1.165) is 4.31 Å². The van der Waals surface area contributed by atoms with Gasteiger partial charge in [0.05, 0.1) is 11.4 Å². The Bertz CT molecular complexity index is 622. The van der Waals surface area contributed by atoms with Crippen molar-refractivity contribution < 1.29 is 13.2 Å². The fraction of sp³-hybridized carbons (Fsp3) is 0.417. The molecule has 0 unspecified atom stereocenters. The molecule has 1 aliphatic rings. The van der Waals surface area contributed by atoms with E-state index in [-0.39, 0.29) is 23.9 Å². The summed E-state index contributed by atoms with van der Waals surface area (Å²) in [6.07, 6.45) is 0.569. The summed E-state index contributed by atoms with van der Waals surface area (Å²) in [6.45, 7) is 2.29. The van der Waals surface area contributed by atoms with Gasteiger partial charge in [-0.25, -0.2) is 8.42 Å². The maximum Gasteiger partial charge on any atom is 0.243 e. The molecular formula is C12H16ClN3O3S. The number of rotatable bonds is 2. The van der Waals surface area contributed by atoms with Gasteiger partial charge in [-0.2, -0.15) is 4.31 Å². The average Bonchev–Trinajstić information content (AvgIpc) is 2.60. The quantitative estimate of drug-likeness (QED) is 0.787. The second kappa shape index (κ2) is 5.59. The Morgan fingerprint density at radius 2 is 2.10 bits per heavy atom. The molecule has 0 bridgehead atoms. The Morgan fingerprint density at radius 3 is 2.75 bits per heavy atom. The first-order chi connectivity index (χ1) is 9.32. The number of halogens is 1. The number of benzene rings is 1. The number of sulfonamides is 1. The minimum atomic E-state index is -3.77. The lowest BCUT2D eigenvalue weighted by Crippen LogP contribution is -2.37. The molecule has 1 aliphatic heterocycles. The molecule has 0 aromatic heterocycles. The van der Waals surface area contributed by atoms with Crippen LogP contribution in [-0.4, -0.2) is 38.3 Å². The first-order valence-electron chi connectivity index (χ1n) is 6.15. The van der Waals surface area contributed by atoms with Crippen molar-refractivity contribution in [1.29, 1.82) is 0 Å². The van der Waals surface area contributed by atoms with E-state index in [4.69, 9.17) is 17.3 Å². The van der Waals surface area contributed by atoms with Gasteiger partial charge in [0, 0.05) is 23.8 Å². The zero-order valence-corrected chi connectivity index (χ0v) is 12.6. The van der Waals surface area contributed by atoms with E-state index >= 15 is 0 Å². The van der Waals surface area contributed by atoms with Crippen LogP contribution in [0.4, 0.5) is 5.69 Å². The largest absolute Gasteiger partial charge is 0.398 e. The van der Waals surface area contributed by atoms with E-state index in [2.05, 4.69) is 5.32 Å². The van der Waals surface area contributed by atoms with Crippen molar-refractivity contribution in [2.45, 2.75) is 18.2 Å². The summed E-state index contributed by atoms with van der Waals surface area (Å²) in [5, 5.41) is 2.93. The maximum absolute atomic E-state index is 12.5. The first kappa shape index (κ1) is 15.1. The molecule has 1 fully saturated rings. The van der Waals surface area contributed by atoms with Gasteiger partial charge in [-0.05, 0) is 31.0 Å². The number of anilines is 1. The predicted molar refractivity (Wildman–Crippen MR) is 77.0 cm³/mol. The molecule has 6 nitrogen and oxygen atoms in total. The zero-order valence-electron chi connectivity index (χ0n) is 11.0. The second-order valence-corrected chi connectivity index (χ2v) is 7.01. The number of nitrogens with zero attached hydrogens (tertiary/aromatic N) is 1. The SMILES string of the molecule is Cc1c(N)cc(S(=O)(=O)N2CCCNC(=O)C2)cc1Cl. The van der Waals surface area contributed by atoms with E-state index < -0.39 is 10.0 Å². The summed E-state index contributed by atoms with van der Waals surface area (Å²) in [6, 6.07) is 2.74. The van der Waals surface area contributed by atoms with E-state index in [1.165, 1.54) is 12.1 Å². The smallest absolute Gasteiger partial charge is 0.243 e. The lowest BCUT2D eigenvalue weighted by Gasteiger charge is -2.19. The third-order valence-electron chi connectivity index (χ3n) is 3.22. The van der Waals surface area contributed by atoms with E-state index in [1.54, 1.807) is 6.92 Å². The molecule has 0 atom stereocenters. The third-order valence-corrected chi connectivity index (χ3v) is 5.44. The van der Waals surface area contributed by atoms with Gasteiger partial charge in [-0.15, -0.1) is 0 Å². The van der Waals surface area contributed by atoms with Crippen molar-refractivity contribution in [3.8, 4) is 0 Å². The average molecular weight is 318 g/mol. The topological polar surface area (TPSA) is 92.5 Å². The summed E-state index contributed by atoms with van der Waals surface area (Å²) in [4.78, 5) is 11.5. The maximum atomic E-state index is 12.5. The Labute approximate surface area is 122 Å². The monoisotopic (exact) mass is 317 g/mol. The van der Waals surface area contributed by atoms with Gasteiger partial charge in [0.15, 0.2) is 0 Å². The highest BCUT2D eigenvalue weighted by molar-refractivity contribution is 7.89. The number of hydrogen-bond acceptors (Lipinski definition) is 4. The minimum absolute atomic E-state index is 0.0142. The van der Waals surface area contributed by atoms with Crippen molar-refractivity contribution in [3.63, 3.8) is 0 Å². The molecule has 0 spiro atoms. The number of nitrogens with one attached hydrogen (secondary N) is 1. The molecule has 1 heterocycles. The highest BCUT2D eigenvalue weighted by Crippen LogP contribution is 2.27. The van der Waals surface area contributed by atoms with Gasteiger partial charge in [0.1, 0.15) is 0 Å². The molecule has 2 rings (SSSR count). The number of nitrogens with two attached hydrogens (primary N) is 1. The number of hydrogen-bond donors (Lipinski definition) is 2. The number of nitrogen functional groups attached to an aromatic ring is 1. The molecule has 0 aliphatic carbocycles. The highest BCUT2D eigenvalue weighted by atomic mass is 35.5. The van der Waals surface area contributed by atoms with Crippen LogP contribution in [-0.2, 0) is 14.8 Å². The van der Waals surface area contributed by atoms with Crippen LogP contribution < -0.4 is 11.1 Å². The standard InChI is InChI=1S/C12H16ClN3O3S/c1-8-10(13)5-9(6-11(8)14)20(18,19)16-4-2-3-15-12(17)7-16/h5-6H,2-4,7,14H2,1H3,(H,15,17). The van der Waals surface area contributed by atoms with Crippen LogP contribution in [0, 0.1) is 6.92 Å². The number of carbonyl (C=O) groups excluding carboxylic acids is 1. The third kappa shape index (κ3) is 2.89. The highest BCUT2D eigenvalue weighted by Gasteiger charge is 2.28. The van der Waals surface area contributed by atoms with Gasteiger partial charge in [0.25, 0.3) is 0 Å². The van der Waals surface area contributed by atoms with Gasteiger partial charge < -0.3 is 11.1 Å². The van der Waals surface area contributed by atoms with Crippen LogP contribution in [0.3, 0.4) is 0 Å². The van der Waals surface area contributed by atoms with Crippen LogP contribution in [0.5, 0.6) is 0 Å². The molecule has 1 aromatic carbocycles. The molecule has 0 saturated carbocycles. The fourth-order valence-corrected chi connectivity index (χ4v) is 3.74. The molecule has 1 amide bonds. The zero-order chi connectivity index (χ0) is 14.9. The van der Waals surface area contributed by atoms with Gasteiger partial charge in [0.2, 0.25) is 15.9 Å². The van der Waals surface area contributed by atoms with E-state index in [0.29, 0.717) is 29.2 Å². The summed E-state index contributed by atoms with van der Waals surface area (Å²) in [7, 11) is -3.77. The summed E-state index contributed by atoms with van der Waals surface area (Å²) >= 11 is 5.98. The summed E-state index contributed by atoms with van der Waals surface area (Å²) < 4.78 is 26.2. The molecule has 1 aromatic rings. The van der Waals surface area contributed by atoms with Crippen molar-refractivity contribution in [2.75, 3.05) is 25.4 Å². The van der Waals surface area contributed by atoms with E-state index in [1.807, 2.05) is 0 Å². The Kier molecular flexibility index (Phi) is 4.22. The van der Waals surface area contributed by atoms with Crippen LogP contribution in [0.15, 0.2) is 17.0 Å². The molecular weight excluding hydrogens is 302 g/mol. The molecule has 20 heavy (non-hydrogen) atoms. The van der Waals surface area contributed by atoms with Crippen molar-refractivity contribution in [1.82, 2.24) is 9.62 Å². The van der Waals surface area contributed by atoms with Crippen molar-refractivity contribution in [2.24, 2.45) is 0 Å². The molecule has 1 saturated heterocycles. The second-order valence-electron chi connectivity index (χ2n) is 4.66. The normalized spacial score (nSPS) is 17.6. The Hall–Kier alpha value is -1.31. The van der Waals surface area contributed by atoms with E-state index in [9.17, 15) is 13.2 Å². The minimum Gasteiger partial charge on any atom is -0.398 e. The van der Waals surface area contributed by atoms with Gasteiger partial charge in [-0.3, -0.25) is 4.79 Å². The molecule has 3 N–H and O–H groups in total. The molecule has 8 heteroatoms. The lowest BCUT2D eigenvalue weighted by atomic mass is 10.2. The number of amides is 1. The Balaban J connectivity index is 2.41.